The second-order valence-corrected chi connectivity index (χ2v) is 10.8. The number of ether oxygens (including phenoxy) is 2. The molecule has 0 aliphatic carbocycles. The van der Waals surface area contributed by atoms with Crippen LogP contribution < -0.4 is 19.6 Å². The molecule has 9 heteroatoms. The Labute approximate surface area is 239 Å². The molecule has 0 spiro atoms. The molecule has 1 aliphatic heterocycles. The summed E-state index contributed by atoms with van der Waals surface area (Å²) in [6.45, 7) is 3.29. The van der Waals surface area contributed by atoms with Crippen LogP contribution in [0.1, 0.15) is 36.6 Å². The SMILES string of the molecule is CCOC(=O)C1=C(c2ccccc2)N=c2s/c(=C\c3ccc(OC(C)=O)cc3)c(=O)n2[C@@H]1c1ccc(SC)cc1. The molecule has 0 fully saturated rings. The highest BCUT2D eigenvalue weighted by Gasteiger charge is 2.35. The third kappa shape index (κ3) is 5.57. The smallest absolute Gasteiger partial charge is 0.338 e. The van der Waals surface area contributed by atoms with Crippen molar-refractivity contribution in [2.45, 2.75) is 24.8 Å². The van der Waals surface area contributed by atoms with Gasteiger partial charge in [0.1, 0.15) is 5.75 Å². The van der Waals surface area contributed by atoms with Crippen LogP contribution in [0, 0.1) is 0 Å². The van der Waals surface area contributed by atoms with Gasteiger partial charge in [0.25, 0.3) is 5.56 Å². The van der Waals surface area contributed by atoms with E-state index in [9.17, 15) is 14.4 Å². The van der Waals surface area contributed by atoms with E-state index >= 15 is 0 Å². The first kappa shape index (κ1) is 27.4. The van der Waals surface area contributed by atoms with E-state index in [0.29, 0.717) is 26.4 Å². The number of hydrogen-bond donors (Lipinski definition) is 0. The molecule has 0 N–H and O–H groups in total. The molecule has 2 heterocycles. The molecule has 7 nitrogen and oxygen atoms in total. The van der Waals surface area contributed by atoms with E-state index in [2.05, 4.69) is 0 Å². The zero-order valence-electron chi connectivity index (χ0n) is 22.1. The number of carbonyl (C=O) groups excluding carboxylic acids is 2. The maximum atomic E-state index is 13.9. The van der Waals surface area contributed by atoms with Crippen LogP contribution in [-0.2, 0) is 14.3 Å². The van der Waals surface area contributed by atoms with Crippen molar-refractivity contribution in [3.63, 3.8) is 0 Å². The topological polar surface area (TPSA) is 87.0 Å². The maximum absolute atomic E-state index is 13.9. The van der Waals surface area contributed by atoms with Crippen molar-refractivity contribution >= 4 is 46.8 Å². The van der Waals surface area contributed by atoms with Gasteiger partial charge in [0.15, 0.2) is 4.80 Å². The minimum atomic E-state index is -0.727. The fourth-order valence-electron chi connectivity index (χ4n) is 4.49. The number of nitrogens with zero attached hydrogens (tertiary/aromatic N) is 2. The van der Waals surface area contributed by atoms with Gasteiger partial charge < -0.3 is 9.47 Å². The van der Waals surface area contributed by atoms with Crippen molar-refractivity contribution in [1.29, 1.82) is 0 Å². The van der Waals surface area contributed by atoms with Crippen LogP contribution >= 0.6 is 23.1 Å². The van der Waals surface area contributed by atoms with Crippen molar-refractivity contribution in [2.75, 3.05) is 12.9 Å². The summed E-state index contributed by atoms with van der Waals surface area (Å²) in [6, 6.07) is 23.5. The molecule has 5 rings (SSSR count). The Morgan fingerprint density at radius 2 is 1.73 bits per heavy atom. The molecular weight excluding hydrogens is 544 g/mol. The van der Waals surface area contributed by atoms with Crippen LogP contribution in [0.25, 0.3) is 11.8 Å². The largest absolute Gasteiger partial charge is 0.463 e. The third-order valence-corrected chi connectivity index (χ3v) is 7.97. The molecular formula is C31H26N2O5S2. The zero-order valence-corrected chi connectivity index (χ0v) is 23.8. The van der Waals surface area contributed by atoms with Crippen molar-refractivity contribution in [1.82, 2.24) is 4.57 Å². The van der Waals surface area contributed by atoms with E-state index < -0.39 is 18.0 Å². The van der Waals surface area contributed by atoms with E-state index in [4.69, 9.17) is 14.5 Å². The number of esters is 2. The number of thiazole rings is 1. The van der Waals surface area contributed by atoms with Crippen molar-refractivity contribution in [2.24, 2.45) is 4.99 Å². The predicted octanol–water partition coefficient (Wildman–Crippen LogP) is 4.58. The van der Waals surface area contributed by atoms with Gasteiger partial charge in [0.05, 0.1) is 28.5 Å². The molecule has 1 atom stereocenters. The van der Waals surface area contributed by atoms with Crippen LogP contribution in [-0.4, -0.2) is 29.4 Å². The molecule has 4 aromatic rings. The predicted molar refractivity (Wildman–Crippen MR) is 157 cm³/mol. The Bertz CT molecular complexity index is 1770. The highest BCUT2D eigenvalue weighted by Crippen LogP contribution is 2.35. The van der Waals surface area contributed by atoms with E-state index in [-0.39, 0.29) is 12.2 Å². The summed E-state index contributed by atoms with van der Waals surface area (Å²) >= 11 is 2.87. The van der Waals surface area contributed by atoms with Crippen molar-refractivity contribution < 1.29 is 19.1 Å². The van der Waals surface area contributed by atoms with Gasteiger partial charge in [-0.15, -0.1) is 11.8 Å². The Hall–Kier alpha value is -4.21. The standard InChI is InChI=1S/C31H26N2O5S2/c1-4-37-30(36)26-27(21-8-6-5-7-9-21)32-31-33(28(26)22-12-16-24(39-3)17-13-22)29(35)25(40-31)18-20-10-14-23(15-11-20)38-19(2)34/h5-18,28H,4H2,1-3H3/b25-18-/t28-/m1/s1. The normalized spacial score (nSPS) is 14.9. The monoisotopic (exact) mass is 570 g/mol. The first-order chi connectivity index (χ1) is 19.4. The average molecular weight is 571 g/mol. The molecule has 0 amide bonds. The summed E-state index contributed by atoms with van der Waals surface area (Å²) in [6.07, 6.45) is 3.76. The summed E-state index contributed by atoms with van der Waals surface area (Å²) in [5, 5.41) is 0. The summed E-state index contributed by atoms with van der Waals surface area (Å²) in [5.41, 5.74) is 2.83. The Balaban J connectivity index is 1.74. The van der Waals surface area contributed by atoms with Crippen LogP contribution in [0.3, 0.4) is 0 Å². The minimum absolute atomic E-state index is 0.191. The van der Waals surface area contributed by atoms with Gasteiger partial charge >= 0.3 is 11.9 Å². The molecule has 202 valence electrons. The van der Waals surface area contributed by atoms with Gasteiger partial charge in [-0.3, -0.25) is 14.2 Å². The zero-order chi connectivity index (χ0) is 28.2. The van der Waals surface area contributed by atoms with Crippen LogP contribution in [0.5, 0.6) is 5.75 Å². The van der Waals surface area contributed by atoms with E-state index in [1.807, 2.05) is 60.9 Å². The first-order valence-electron chi connectivity index (χ1n) is 12.6. The number of thioether (sulfide) groups is 1. The van der Waals surface area contributed by atoms with Gasteiger partial charge in [0.2, 0.25) is 0 Å². The van der Waals surface area contributed by atoms with Gasteiger partial charge in [-0.2, -0.15) is 0 Å². The fraction of sp³-hybridized carbons (Fsp3) is 0.161. The molecule has 0 saturated heterocycles. The number of fused-ring (bicyclic) bond motifs is 1. The number of aromatic nitrogens is 1. The number of carbonyl (C=O) groups is 2. The van der Waals surface area contributed by atoms with Crippen molar-refractivity contribution in [3.05, 3.63) is 121 Å². The molecule has 0 saturated carbocycles. The lowest BCUT2D eigenvalue weighted by Crippen LogP contribution is -2.40. The minimum Gasteiger partial charge on any atom is -0.463 e. The highest BCUT2D eigenvalue weighted by atomic mass is 32.2. The van der Waals surface area contributed by atoms with Gasteiger partial charge in [-0.1, -0.05) is 65.9 Å². The van der Waals surface area contributed by atoms with E-state index in [1.165, 1.54) is 18.3 Å². The van der Waals surface area contributed by atoms with Gasteiger partial charge in [0, 0.05) is 17.4 Å². The molecule has 0 unspecified atom stereocenters. The molecule has 0 bridgehead atoms. The van der Waals surface area contributed by atoms with E-state index in [1.54, 1.807) is 53.6 Å². The first-order valence-corrected chi connectivity index (χ1v) is 14.6. The number of hydrogen-bond acceptors (Lipinski definition) is 8. The third-order valence-electron chi connectivity index (χ3n) is 6.24. The second-order valence-electron chi connectivity index (χ2n) is 8.87. The molecule has 3 aromatic carbocycles. The summed E-state index contributed by atoms with van der Waals surface area (Å²) in [7, 11) is 0. The molecule has 1 aliphatic rings. The van der Waals surface area contributed by atoms with E-state index in [0.717, 1.165) is 21.6 Å². The molecule has 40 heavy (non-hydrogen) atoms. The lowest BCUT2D eigenvalue weighted by molar-refractivity contribution is -0.139. The van der Waals surface area contributed by atoms with Crippen LogP contribution in [0.15, 0.2) is 99.1 Å². The van der Waals surface area contributed by atoms with Crippen LogP contribution in [0.2, 0.25) is 0 Å². The molecule has 1 aromatic heterocycles. The van der Waals surface area contributed by atoms with Crippen LogP contribution in [0.4, 0.5) is 0 Å². The Morgan fingerprint density at radius 3 is 2.35 bits per heavy atom. The summed E-state index contributed by atoms with van der Waals surface area (Å²) in [5.74, 6) is -0.496. The highest BCUT2D eigenvalue weighted by molar-refractivity contribution is 7.98. The van der Waals surface area contributed by atoms with Crippen molar-refractivity contribution in [3.8, 4) is 5.75 Å². The summed E-state index contributed by atoms with van der Waals surface area (Å²) in [4.78, 5) is 45.1. The fourth-order valence-corrected chi connectivity index (χ4v) is 5.90. The number of rotatable bonds is 7. The van der Waals surface area contributed by atoms with Gasteiger partial charge in [-0.05, 0) is 54.6 Å². The maximum Gasteiger partial charge on any atom is 0.338 e. The lowest BCUT2D eigenvalue weighted by Gasteiger charge is -2.26. The summed E-state index contributed by atoms with van der Waals surface area (Å²) < 4.78 is 12.7. The van der Waals surface area contributed by atoms with Gasteiger partial charge in [-0.25, -0.2) is 9.79 Å². The Kier molecular flexibility index (Phi) is 8.14. The molecule has 0 radical (unpaired) electrons. The lowest BCUT2D eigenvalue weighted by atomic mass is 9.93. The average Bonchev–Trinajstić information content (AvgIpc) is 3.27. The second kappa shape index (κ2) is 11.9. The number of benzene rings is 3. The Morgan fingerprint density at radius 1 is 1.02 bits per heavy atom. The quantitative estimate of drug-likeness (QED) is 0.184.